The summed E-state index contributed by atoms with van der Waals surface area (Å²) in [5.74, 6) is 1.49. The van der Waals surface area contributed by atoms with Crippen LogP contribution in [0.4, 0.5) is 5.69 Å². The summed E-state index contributed by atoms with van der Waals surface area (Å²) in [5.41, 5.74) is 2.87. The number of fused-ring (bicyclic) bond motifs is 1. The molecule has 1 aliphatic heterocycles. The number of benzene rings is 3. The molecule has 1 aliphatic rings. The maximum absolute atomic E-state index is 12.6. The summed E-state index contributed by atoms with van der Waals surface area (Å²) in [6, 6.07) is 23.5. The standard InChI is InChI=1S/C28H31N5O3/c34-28(21-29-19-22-9-11-24(12-10-22)36-23-5-2-1-3-6-23)31-26-7-4-8-27-25(26)20-30-33(27)14-13-32-15-17-35-18-16-32/h1-12,20,29H,13-19,21H2,(H,31,34). The van der Waals surface area contributed by atoms with Crippen molar-refractivity contribution in [1.29, 1.82) is 0 Å². The second-order valence-electron chi connectivity index (χ2n) is 8.77. The third-order valence-corrected chi connectivity index (χ3v) is 6.21. The van der Waals surface area contributed by atoms with Gasteiger partial charge >= 0.3 is 0 Å². The molecule has 0 saturated carbocycles. The maximum atomic E-state index is 12.6. The van der Waals surface area contributed by atoms with Crippen molar-refractivity contribution in [2.24, 2.45) is 0 Å². The van der Waals surface area contributed by atoms with Gasteiger partial charge in [-0.1, -0.05) is 36.4 Å². The number of carbonyl (C=O) groups is 1. The van der Waals surface area contributed by atoms with Crippen molar-refractivity contribution < 1.29 is 14.3 Å². The van der Waals surface area contributed by atoms with Crippen LogP contribution < -0.4 is 15.4 Å². The highest BCUT2D eigenvalue weighted by Gasteiger charge is 2.13. The number of aromatic nitrogens is 2. The number of hydrogen-bond acceptors (Lipinski definition) is 6. The Balaban J connectivity index is 1.10. The molecule has 186 valence electrons. The number of carbonyl (C=O) groups excluding carboxylic acids is 1. The number of para-hydroxylation sites is 1. The van der Waals surface area contributed by atoms with E-state index in [0.29, 0.717) is 6.54 Å². The minimum Gasteiger partial charge on any atom is -0.457 e. The summed E-state index contributed by atoms with van der Waals surface area (Å²) >= 11 is 0. The molecule has 0 radical (unpaired) electrons. The first-order chi connectivity index (χ1) is 17.7. The van der Waals surface area contributed by atoms with Gasteiger partial charge in [-0.15, -0.1) is 0 Å². The Kier molecular flexibility index (Phi) is 7.87. The minimum atomic E-state index is -0.0902. The molecule has 0 unspecified atom stereocenters. The van der Waals surface area contributed by atoms with Crippen LogP contribution in [0.3, 0.4) is 0 Å². The van der Waals surface area contributed by atoms with Gasteiger partial charge in [0.15, 0.2) is 0 Å². The summed E-state index contributed by atoms with van der Waals surface area (Å²) in [7, 11) is 0. The van der Waals surface area contributed by atoms with Crippen LogP contribution in [-0.4, -0.2) is 60.0 Å². The lowest BCUT2D eigenvalue weighted by molar-refractivity contribution is -0.115. The van der Waals surface area contributed by atoms with E-state index in [1.54, 1.807) is 0 Å². The Hall–Kier alpha value is -3.72. The van der Waals surface area contributed by atoms with Crippen LogP contribution >= 0.6 is 0 Å². The zero-order chi connectivity index (χ0) is 24.6. The van der Waals surface area contributed by atoms with E-state index in [9.17, 15) is 4.79 Å². The first-order valence-corrected chi connectivity index (χ1v) is 12.3. The maximum Gasteiger partial charge on any atom is 0.238 e. The molecular weight excluding hydrogens is 454 g/mol. The molecule has 1 fully saturated rings. The third kappa shape index (κ3) is 6.28. The van der Waals surface area contributed by atoms with Gasteiger partial charge in [-0.05, 0) is 42.0 Å². The Labute approximate surface area is 210 Å². The fraction of sp³-hybridized carbons (Fsp3) is 0.286. The highest BCUT2D eigenvalue weighted by Crippen LogP contribution is 2.23. The van der Waals surface area contributed by atoms with Crippen LogP contribution in [0.25, 0.3) is 10.9 Å². The molecule has 0 atom stereocenters. The predicted molar refractivity (Wildman–Crippen MR) is 140 cm³/mol. The molecule has 8 nitrogen and oxygen atoms in total. The number of nitrogens with one attached hydrogen (secondary N) is 2. The van der Waals surface area contributed by atoms with Crippen molar-refractivity contribution in [3.05, 3.63) is 84.6 Å². The van der Waals surface area contributed by atoms with Crippen LogP contribution in [0.1, 0.15) is 5.56 Å². The SMILES string of the molecule is O=C(CNCc1ccc(Oc2ccccc2)cc1)Nc1cccc2c1cnn2CCN1CCOCC1. The van der Waals surface area contributed by atoms with Crippen molar-refractivity contribution in [2.75, 3.05) is 44.7 Å². The Morgan fingerprint density at radius 3 is 2.50 bits per heavy atom. The zero-order valence-electron chi connectivity index (χ0n) is 20.2. The van der Waals surface area contributed by atoms with Gasteiger partial charge < -0.3 is 20.1 Å². The molecule has 1 amide bonds. The molecule has 1 aromatic heterocycles. The molecule has 0 aliphatic carbocycles. The number of hydrogen-bond donors (Lipinski definition) is 2. The van der Waals surface area contributed by atoms with Crippen molar-refractivity contribution in [2.45, 2.75) is 13.1 Å². The first-order valence-electron chi connectivity index (χ1n) is 12.3. The molecule has 0 spiro atoms. The average Bonchev–Trinajstić information content (AvgIpc) is 3.34. The van der Waals surface area contributed by atoms with Crippen LogP contribution in [0.15, 0.2) is 79.0 Å². The smallest absolute Gasteiger partial charge is 0.238 e. The van der Waals surface area contributed by atoms with Crippen LogP contribution in [-0.2, 0) is 22.6 Å². The van der Waals surface area contributed by atoms with E-state index in [1.165, 1.54) is 0 Å². The van der Waals surface area contributed by atoms with Crippen LogP contribution in [0.5, 0.6) is 11.5 Å². The highest BCUT2D eigenvalue weighted by atomic mass is 16.5. The van der Waals surface area contributed by atoms with Gasteiger partial charge in [-0.2, -0.15) is 5.10 Å². The van der Waals surface area contributed by atoms with E-state index in [-0.39, 0.29) is 12.5 Å². The van der Waals surface area contributed by atoms with E-state index in [4.69, 9.17) is 9.47 Å². The van der Waals surface area contributed by atoms with Crippen molar-refractivity contribution >= 4 is 22.5 Å². The molecule has 1 saturated heterocycles. The highest BCUT2D eigenvalue weighted by molar-refractivity contribution is 6.01. The number of nitrogens with zero attached hydrogens (tertiary/aromatic N) is 3. The van der Waals surface area contributed by atoms with E-state index in [0.717, 1.165) is 73.0 Å². The molecule has 0 bridgehead atoms. The summed E-state index contributed by atoms with van der Waals surface area (Å²) in [6.45, 7) is 6.03. The lowest BCUT2D eigenvalue weighted by Crippen LogP contribution is -2.38. The average molecular weight is 486 g/mol. The normalized spacial score (nSPS) is 14.1. The minimum absolute atomic E-state index is 0.0902. The predicted octanol–water partition coefficient (Wildman–Crippen LogP) is 3.89. The Morgan fingerprint density at radius 2 is 1.69 bits per heavy atom. The van der Waals surface area contributed by atoms with Gasteiger partial charge in [-0.25, -0.2) is 0 Å². The third-order valence-electron chi connectivity index (χ3n) is 6.21. The van der Waals surface area contributed by atoms with E-state index >= 15 is 0 Å². The van der Waals surface area contributed by atoms with Crippen molar-refractivity contribution in [1.82, 2.24) is 20.0 Å². The molecule has 2 heterocycles. The fourth-order valence-electron chi connectivity index (χ4n) is 4.27. The summed E-state index contributed by atoms with van der Waals surface area (Å²) in [4.78, 5) is 15.0. The topological polar surface area (TPSA) is 80.7 Å². The van der Waals surface area contributed by atoms with E-state index in [1.807, 2.05) is 83.7 Å². The number of amides is 1. The molecule has 5 rings (SSSR count). The molecule has 3 aromatic carbocycles. The van der Waals surface area contributed by atoms with Gasteiger partial charge in [0, 0.05) is 31.6 Å². The Morgan fingerprint density at radius 1 is 0.917 bits per heavy atom. The number of anilines is 1. The summed E-state index contributed by atoms with van der Waals surface area (Å²) in [6.07, 6.45) is 1.83. The van der Waals surface area contributed by atoms with Gasteiger partial charge in [-0.3, -0.25) is 14.4 Å². The summed E-state index contributed by atoms with van der Waals surface area (Å²) in [5, 5.41) is 11.7. The monoisotopic (exact) mass is 485 g/mol. The van der Waals surface area contributed by atoms with Gasteiger partial charge in [0.1, 0.15) is 11.5 Å². The fourth-order valence-corrected chi connectivity index (χ4v) is 4.27. The van der Waals surface area contributed by atoms with Crippen molar-refractivity contribution in [3.63, 3.8) is 0 Å². The largest absolute Gasteiger partial charge is 0.457 e. The number of rotatable bonds is 10. The van der Waals surface area contributed by atoms with Gasteiger partial charge in [0.05, 0.1) is 43.7 Å². The summed E-state index contributed by atoms with van der Waals surface area (Å²) < 4.78 is 13.3. The van der Waals surface area contributed by atoms with Crippen LogP contribution in [0, 0.1) is 0 Å². The molecule has 2 N–H and O–H groups in total. The lowest BCUT2D eigenvalue weighted by atomic mass is 10.2. The van der Waals surface area contributed by atoms with E-state index < -0.39 is 0 Å². The lowest BCUT2D eigenvalue weighted by Gasteiger charge is -2.26. The van der Waals surface area contributed by atoms with Crippen molar-refractivity contribution in [3.8, 4) is 11.5 Å². The van der Waals surface area contributed by atoms with E-state index in [2.05, 4.69) is 20.6 Å². The first kappa shape index (κ1) is 24.0. The number of morpholine rings is 1. The molecule has 8 heteroatoms. The molecule has 36 heavy (non-hydrogen) atoms. The van der Waals surface area contributed by atoms with Gasteiger partial charge in [0.2, 0.25) is 5.91 Å². The second-order valence-corrected chi connectivity index (χ2v) is 8.77. The second kappa shape index (κ2) is 11.8. The molecular formula is C28H31N5O3. The molecule has 4 aromatic rings. The number of ether oxygens (including phenoxy) is 2. The van der Waals surface area contributed by atoms with Crippen LogP contribution in [0.2, 0.25) is 0 Å². The Bertz CT molecular complexity index is 1270. The van der Waals surface area contributed by atoms with Gasteiger partial charge in [0.25, 0.3) is 0 Å². The zero-order valence-corrected chi connectivity index (χ0v) is 20.2. The quantitative estimate of drug-likeness (QED) is 0.355.